The van der Waals surface area contributed by atoms with Gasteiger partial charge in [0.2, 0.25) is 0 Å². The Balaban J connectivity index is 2.23. The van der Waals surface area contributed by atoms with E-state index in [4.69, 9.17) is 5.73 Å². The van der Waals surface area contributed by atoms with Crippen LogP contribution in [0.15, 0.2) is 42.5 Å². The third kappa shape index (κ3) is 2.94. The molecule has 0 aromatic heterocycles. The van der Waals surface area contributed by atoms with Gasteiger partial charge >= 0.3 is 0 Å². The van der Waals surface area contributed by atoms with Crippen LogP contribution in [0.25, 0.3) is 0 Å². The van der Waals surface area contributed by atoms with E-state index in [-0.39, 0.29) is 5.91 Å². The Morgan fingerprint density at radius 2 is 1.95 bits per heavy atom. The molecule has 19 heavy (non-hydrogen) atoms. The van der Waals surface area contributed by atoms with E-state index in [0.29, 0.717) is 11.3 Å². The van der Waals surface area contributed by atoms with Gasteiger partial charge < -0.3 is 11.1 Å². The molecule has 0 saturated carbocycles. The highest BCUT2D eigenvalue weighted by atomic mass is 16.1. The Labute approximate surface area is 113 Å². The molecule has 0 radical (unpaired) electrons. The fourth-order valence-corrected chi connectivity index (χ4v) is 1.95. The summed E-state index contributed by atoms with van der Waals surface area (Å²) in [5, 5.41) is 2.88. The summed E-state index contributed by atoms with van der Waals surface area (Å²) in [5.41, 5.74) is 9.88. The van der Waals surface area contributed by atoms with Gasteiger partial charge in [-0.3, -0.25) is 4.79 Å². The molecule has 0 saturated heterocycles. The molecular weight excluding hydrogens is 236 g/mol. The lowest BCUT2D eigenvalue weighted by Gasteiger charge is -2.10. The smallest absolute Gasteiger partial charge is 0.257 e. The number of carbonyl (C=O) groups is 1. The zero-order valence-corrected chi connectivity index (χ0v) is 11.2. The Morgan fingerprint density at radius 1 is 1.21 bits per heavy atom. The third-order valence-electron chi connectivity index (χ3n) is 3.16. The van der Waals surface area contributed by atoms with E-state index in [9.17, 15) is 4.79 Å². The lowest BCUT2D eigenvalue weighted by atomic mass is 10.1. The molecule has 2 aromatic carbocycles. The van der Waals surface area contributed by atoms with Crippen LogP contribution in [0.1, 0.15) is 28.4 Å². The number of para-hydroxylation sites is 1. The van der Waals surface area contributed by atoms with Crippen LogP contribution in [0.5, 0.6) is 0 Å². The number of hydrogen-bond acceptors (Lipinski definition) is 2. The second-order valence-corrected chi connectivity index (χ2v) is 4.54. The monoisotopic (exact) mass is 254 g/mol. The molecule has 0 heterocycles. The van der Waals surface area contributed by atoms with Gasteiger partial charge in [-0.25, -0.2) is 0 Å². The van der Waals surface area contributed by atoms with Crippen molar-refractivity contribution >= 4 is 17.3 Å². The van der Waals surface area contributed by atoms with Gasteiger partial charge in [-0.2, -0.15) is 0 Å². The van der Waals surface area contributed by atoms with Crippen LogP contribution in [0, 0.1) is 6.92 Å². The van der Waals surface area contributed by atoms with Crippen LogP contribution in [0.2, 0.25) is 0 Å². The Morgan fingerprint density at radius 3 is 2.68 bits per heavy atom. The number of anilines is 2. The second-order valence-electron chi connectivity index (χ2n) is 4.54. The normalized spacial score (nSPS) is 10.2. The summed E-state index contributed by atoms with van der Waals surface area (Å²) in [6, 6.07) is 13.3. The van der Waals surface area contributed by atoms with Crippen molar-refractivity contribution in [2.75, 3.05) is 11.1 Å². The van der Waals surface area contributed by atoms with Crippen molar-refractivity contribution in [1.82, 2.24) is 0 Å². The molecule has 0 aliphatic carbocycles. The fraction of sp³-hybridized carbons (Fsp3) is 0.188. The van der Waals surface area contributed by atoms with Gasteiger partial charge in [0.05, 0.1) is 5.56 Å². The van der Waals surface area contributed by atoms with Gasteiger partial charge in [0.25, 0.3) is 5.91 Å². The molecule has 0 unspecified atom stereocenters. The Kier molecular flexibility index (Phi) is 3.85. The van der Waals surface area contributed by atoms with Gasteiger partial charge in [-0.1, -0.05) is 31.2 Å². The van der Waals surface area contributed by atoms with E-state index in [2.05, 4.69) is 12.2 Å². The predicted octanol–water partition coefficient (Wildman–Crippen LogP) is 3.39. The summed E-state index contributed by atoms with van der Waals surface area (Å²) in [7, 11) is 0. The van der Waals surface area contributed by atoms with E-state index in [1.165, 1.54) is 5.56 Å². The summed E-state index contributed by atoms with van der Waals surface area (Å²) < 4.78 is 0. The molecule has 3 heteroatoms. The maximum atomic E-state index is 12.2. The van der Waals surface area contributed by atoms with Gasteiger partial charge in [0.15, 0.2) is 0 Å². The van der Waals surface area contributed by atoms with Crippen molar-refractivity contribution in [3.05, 3.63) is 59.2 Å². The summed E-state index contributed by atoms with van der Waals surface area (Å²) in [4.78, 5) is 12.2. The highest BCUT2D eigenvalue weighted by Crippen LogP contribution is 2.19. The van der Waals surface area contributed by atoms with Crippen LogP contribution in [0.3, 0.4) is 0 Å². The molecule has 2 aromatic rings. The SMILES string of the molecule is CCc1cccc(NC(=O)c2cccc(C)c2N)c1. The average molecular weight is 254 g/mol. The van der Waals surface area contributed by atoms with Crippen molar-refractivity contribution in [2.24, 2.45) is 0 Å². The van der Waals surface area contributed by atoms with Gasteiger partial charge in [-0.05, 0) is 42.7 Å². The number of amides is 1. The number of nitrogens with two attached hydrogens (primary N) is 1. The van der Waals surface area contributed by atoms with Gasteiger partial charge in [0, 0.05) is 11.4 Å². The molecule has 0 aliphatic rings. The summed E-state index contributed by atoms with van der Waals surface area (Å²) in [6.45, 7) is 3.98. The molecule has 0 bridgehead atoms. The minimum absolute atomic E-state index is 0.172. The molecule has 0 spiro atoms. The first kappa shape index (κ1) is 13.1. The number of nitrogen functional groups attached to an aromatic ring is 1. The number of rotatable bonds is 3. The maximum Gasteiger partial charge on any atom is 0.257 e. The molecule has 1 amide bonds. The molecule has 0 fully saturated rings. The largest absolute Gasteiger partial charge is 0.398 e. The van der Waals surface area contributed by atoms with Crippen LogP contribution in [0.4, 0.5) is 11.4 Å². The molecule has 3 N–H and O–H groups in total. The van der Waals surface area contributed by atoms with Crippen LogP contribution < -0.4 is 11.1 Å². The van der Waals surface area contributed by atoms with Gasteiger partial charge in [-0.15, -0.1) is 0 Å². The number of benzene rings is 2. The standard InChI is InChI=1S/C16H18N2O/c1-3-12-7-5-8-13(10-12)18-16(19)14-9-4-6-11(2)15(14)17/h4-10H,3,17H2,1-2H3,(H,18,19). The van der Waals surface area contributed by atoms with Crippen molar-refractivity contribution < 1.29 is 4.79 Å². The molecule has 2 rings (SSSR count). The summed E-state index contributed by atoms with van der Waals surface area (Å²) in [5.74, 6) is -0.172. The Hall–Kier alpha value is -2.29. The topological polar surface area (TPSA) is 55.1 Å². The summed E-state index contributed by atoms with van der Waals surface area (Å²) >= 11 is 0. The molecule has 0 aliphatic heterocycles. The van der Waals surface area contributed by atoms with Crippen molar-refractivity contribution in [1.29, 1.82) is 0 Å². The highest BCUT2D eigenvalue weighted by Gasteiger charge is 2.11. The maximum absolute atomic E-state index is 12.2. The van der Waals surface area contributed by atoms with Crippen molar-refractivity contribution in [3.63, 3.8) is 0 Å². The first-order valence-corrected chi connectivity index (χ1v) is 6.37. The fourth-order valence-electron chi connectivity index (χ4n) is 1.95. The van der Waals surface area contributed by atoms with Crippen LogP contribution >= 0.6 is 0 Å². The molecule has 0 atom stereocenters. The van der Waals surface area contributed by atoms with E-state index in [1.54, 1.807) is 6.07 Å². The summed E-state index contributed by atoms with van der Waals surface area (Å²) in [6.07, 6.45) is 0.941. The molecule has 3 nitrogen and oxygen atoms in total. The number of aryl methyl sites for hydroxylation is 2. The third-order valence-corrected chi connectivity index (χ3v) is 3.16. The van der Waals surface area contributed by atoms with E-state index in [0.717, 1.165) is 17.7 Å². The van der Waals surface area contributed by atoms with E-state index < -0.39 is 0 Å². The zero-order chi connectivity index (χ0) is 13.8. The van der Waals surface area contributed by atoms with E-state index >= 15 is 0 Å². The number of carbonyl (C=O) groups excluding carboxylic acids is 1. The van der Waals surface area contributed by atoms with Gasteiger partial charge in [0.1, 0.15) is 0 Å². The second kappa shape index (κ2) is 5.57. The van der Waals surface area contributed by atoms with Crippen LogP contribution in [-0.2, 0) is 6.42 Å². The lowest BCUT2D eigenvalue weighted by Crippen LogP contribution is -2.14. The minimum atomic E-state index is -0.172. The highest BCUT2D eigenvalue weighted by molar-refractivity contribution is 6.08. The lowest BCUT2D eigenvalue weighted by molar-refractivity contribution is 0.102. The minimum Gasteiger partial charge on any atom is -0.398 e. The number of nitrogens with one attached hydrogen (secondary N) is 1. The van der Waals surface area contributed by atoms with Crippen LogP contribution in [-0.4, -0.2) is 5.91 Å². The zero-order valence-electron chi connectivity index (χ0n) is 11.2. The average Bonchev–Trinajstić information content (AvgIpc) is 2.42. The quantitative estimate of drug-likeness (QED) is 0.825. The van der Waals surface area contributed by atoms with Crippen molar-refractivity contribution in [3.8, 4) is 0 Å². The predicted molar refractivity (Wildman–Crippen MR) is 79.4 cm³/mol. The first-order valence-electron chi connectivity index (χ1n) is 6.37. The van der Waals surface area contributed by atoms with Crippen molar-refractivity contribution in [2.45, 2.75) is 20.3 Å². The first-order chi connectivity index (χ1) is 9.11. The molecular formula is C16H18N2O. The Bertz CT molecular complexity index is 605. The van der Waals surface area contributed by atoms with E-state index in [1.807, 2.05) is 43.3 Å². The molecule has 98 valence electrons. The number of hydrogen-bond donors (Lipinski definition) is 2.